The quantitative estimate of drug-likeness (QED) is 0.505. The number of nitrogens with one attached hydrogen (secondary N) is 2. The minimum Gasteiger partial charge on any atom is -0.451 e. The maximum Gasteiger partial charge on any atom is 0.287 e. The zero-order chi connectivity index (χ0) is 17.8. The first kappa shape index (κ1) is 16.4. The molecule has 2 N–H and O–H groups in total. The van der Waals surface area contributed by atoms with Crippen LogP contribution in [0.1, 0.15) is 21.7 Å². The molecule has 26 heavy (non-hydrogen) atoms. The van der Waals surface area contributed by atoms with Crippen LogP contribution in [0.5, 0.6) is 0 Å². The number of carbonyl (C=O) groups is 1. The zero-order valence-corrected chi connectivity index (χ0v) is 14.9. The Morgan fingerprint density at radius 1 is 0.962 bits per heavy atom. The Balaban J connectivity index is 1.44. The van der Waals surface area contributed by atoms with E-state index in [1.165, 1.54) is 5.56 Å². The molecule has 2 aromatic carbocycles. The summed E-state index contributed by atoms with van der Waals surface area (Å²) in [6, 6.07) is 19.5. The van der Waals surface area contributed by atoms with Crippen molar-refractivity contribution in [2.75, 3.05) is 5.32 Å². The van der Waals surface area contributed by atoms with Crippen molar-refractivity contribution in [1.29, 1.82) is 0 Å². The molecule has 0 saturated carbocycles. The number of thiophene rings is 1. The fourth-order valence-corrected chi connectivity index (χ4v) is 3.40. The van der Waals surface area contributed by atoms with E-state index in [4.69, 9.17) is 4.42 Å². The molecule has 0 aliphatic carbocycles. The van der Waals surface area contributed by atoms with E-state index in [1.807, 2.05) is 48.5 Å². The van der Waals surface area contributed by atoms with Gasteiger partial charge in [-0.3, -0.25) is 4.79 Å². The summed E-state index contributed by atoms with van der Waals surface area (Å²) < 4.78 is 5.69. The molecule has 1 amide bonds. The summed E-state index contributed by atoms with van der Waals surface area (Å²) in [5, 5.41) is 11.4. The summed E-state index contributed by atoms with van der Waals surface area (Å²) in [6.07, 6.45) is 0. The van der Waals surface area contributed by atoms with Crippen molar-refractivity contribution in [3.8, 4) is 0 Å². The molecule has 2 heterocycles. The Kier molecular flexibility index (Phi) is 4.71. The van der Waals surface area contributed by atoms with E-state index in [0.29, 0.717) is 17.9 Å². The first-order valence-corrected chi connectivity index (χ1v) is 9.33. The summed E-state index contributed by atoms with van der Waals surface area (Å²) in [7, 11) is 0. The maximum absolute atomic E-state index is 12.3. The third-order valence-corrected chi connectivity index (χ3v) is 4.84. The molecule has 4 aromatic rings. The van der Waals surface area contributed by atoms with Crippen LogP contribution in [0.2, 0.25) is 0 Å². The lowest BCUT2D eigenvalue weighted by Gasteiger charge is -2.04. The highest BCUT2D eigenvalue weighted by Crippen LogP contribution is 2.23. The first-order valence-electron chi connectivity index (χ1n) is 8.38. The van der Waals surface area contributed by atoms with Gasteiger partial charge in [0.2, 0.25) is 0 Å². The number of fused-ring (bicyclic) bond motifs is 1. The fraction of sp³-hybridized carbons (Fsp3) is 0.0952. The van der Waals surface area contributed by atoms with Crippen LogP contribution in [0, 0.1) is 0 Å². The van der Waals surface area contributed by atoms with Gasteiger partial charge in [0.15, 0.2) is 5.76 Å². The number of furan rings is 1. The van der Waals surface area contributed by atoms with Gasteiger partial charge in [0.05, 0.1) is 0 Å². The number of hydrogen-bond acceptors (Lipinski definition) is 4. The lowest BCUT2D eigenvalue weighted by molar-refractivity contribution is 0.0925. The number of hydrogen-bond donors (Lipinski definition) is 2. The normalized spacial score (nSPS) is 10.8. The van der Waals surface area contributed by atoms with Gasteiger partial charge in [0.1, 0.15) is 5.58 Å². The van der Waals surface area contributed by atoms with Crippen molar-refractivity contribution in [2.24, 2.45) is 0 Å². The van der Waals surface area contributed by atoms with E-state index < -0.39 is 0 Å². The largest absolute Gasteiger partial charge is 0.451 e. The first-order chi connectivity index (χ1) is 12.8. The van der Waals surface area contributed by atoms with Crippen molar-refractivity contribution < 1.29 is 9.21 Å². The molecular formula is C21H18N2O2S. The van der Waals surface area contributed by atoms with Gasteiger partial charge in [-0.25, -0.2) is 0 Å². The molecule has 4 rings (SSSR count). The molecule has 5 heteroatoms. The van der Waals surface area contributed by atoms with Crippen LogP contribution in [-0.4, -0.2) is 5.91 Å². The van der Waals surface area contributed by atoms with Gasteiger partial charge in [0, 0.05) is 24.2 Å². The van der Waals surface area contributed by atoms with E-state index in [9.17, 15) is 4.79 Å². The van der Waals surface area contributed by atoms with E-state index in [2.05, 4.69) is 27.5 Å². The summed E-state index contributed by atoms with van der Waals surface area (Å²) in [5.41, 5.74) is 4.01. The van der Waals surface area contributed by atoms with Gasteiger partial charge in [0.25, 0.3) is 5.91 Å². The van der Waals surface area contributed by atoms with Crippen LogP contribution in [0.4, 0.5) is 5.69 Å². The Bertz CT molecular complexity index is 1010. The predicted octanol–water partition coefficient (Wildman–Crippen LogP) is 5.04. The molecule has 0 aliphatic rings. The second-order valence-corrected chi connectivity index (χ2v) is 6.80. The molecule has 0 aliphatic heterocycles. The highest BCUT2D eigenvalue weighted by molar-refractivity contribution is 7.07. The smallest absolute Gasteiger partial charge is 0.287 e. The molecule has 0 fully saturated rings. The number of benzene rings is 2. The molecule has 0 bridgehead atoms. The van der Waals surface area contributed by atoms with Crippen molar-refractivity contribution in [3.05, 3.63) is 88.3 Å². The van der Waals surface area contributed by atoms with Crippen molar-refractivity contribution in [2.45, 2.75) is 13.1 Å². The minimum atomic E-state index is -0.210. The molecular weight excluding hydrogens is 344 g/mol. The number of carbonyl (C=O) groups excluding carboxylic acids is 1. The third-order valence-electron chi connectivity index (χ3n) is 4.11. The van der Waals surface area contributed by atoms with Gasteiger partial charge < -0.3 is 15.1 Å². The van der Waals surface area contributed by atoms with E-state index >= 15 is 0 Å². The molecule has 2 aromatic heterocycles. The number of rotatable bonds is 6. The Hall–Kier alpha value is -3.05. The average molecular weight is 362 g/mol. The molecule has 4 nitrogen and oxygen atoms in total. The molecule has 130 valence electrons. The average Bonchev–Trinajstić information content (AvgIpc) is 3.34. The lowest BCUT2D eigenvalue weighted by atomic mass is 10.2. The minimum absolute atomic E-state index is 0.210. The number of amides is 1. The standard InChI is InChI=1S/C21H18N2O2S/c24-21(23-12-15-4-2-1-3-5-15)20-11-17-10-18(6-7-19(17)25-20)22-13-16-8-9-26-14-16/h1-11,14,22H,12-13H2,(H,23,24). The summed E-state index contributed by atoms with van der Waals surface area (Å²) in [4.78, 5) is 12.3. The van der Waals surface area contributed by atoms with E-state index in [0.717, 1.165) is 23.2 Å². The van der Waals surface area contributed by atoms with Gasteiger partial charge in [-0.2, -0.15) is 11.3 Å². The van der Waals surface area contributed by atoms with Gasteiger partial charge in [-0.05, 0) is 52.2 Å². The van der Waals surface area contributed by atoms with Crippen LogP contribution in [0.25, 0.3) is 11.0 Å². The van der Waals surface area contributed by atoms with Crippen molar-refractivity contribution in [3.63, 3.8) is 0 Å². The monoisotopic (exact) mass is 362 g/mol. The highest BCUT2D eigenvalue weighted by atomic mass is 32.1. The second kappa shape index (κ2) is 7.45. The maximum atomic E-state index is 12.3. The van der Waals surface area contributed by atoms with Crippen LogP contribution >= 0.6 is 11.3 Å². The van der Waals surface area contributed by atoms with Crippen LogP contribution in [0.15, 0.2) is 75.8 Å². The lowest BCUT2D eigenvalue weighted by Crippen LogP contribution is -2.22. The topological polar surface area (TPSA) is 54.3 Å². The zero-order valence-electron chi connectivity index (χ0n) is 14.1. The van der Waals surface area contributed by atoms with Crippen LogP contribution in [0.3, 0.4) is 0 Å². The third kappa shape index (κ3) is 3.78. The van der Waals surface area contributed by atoms with Crippen molar-refractivity contribution in [1.82, 2.24) is 5.32 Å². The predicted molar refractivity (Wildman–Crippen MR) is 105 cm³/mol. The molecule has 0 spiro atoms. The highest BCUT2D eigenvalue weighted by Gasteiger charge is 2.12. The second-order valence-electron chi connectivity index (χ2n) is 6.02. The SMILES string of the molecule is O=C(NCc1ccccc1)c1cc2cc(NCc3ccsc3)ccc2o1. The van der Waals surface area contributed by atoms with E-state index in [-0.39, 0.29) is 5.91 Å². The fourth-order valence-electron chi connectivity index (χ4n) is 2.73. The molecule has 0 radical (unpaired) electrons. The summed E-state index contributed by atoms with van der Waals surface area (Å²) in [5.74, 6) is 0.115. The molecule has 0 unspecified atom stereocenters. The molecule has 0 atom stereocenters. The van der Waals surface area contributed by atoms with Crippen LogP contribution in [-0.2, 0) is 13.1 Å². The Labute approximate surface area is 155 Å². The van der Waals surface area contributed by atoms with Crippen LogP contribution < -0.4 is 10.6 Å². The summed E-state index contributed by atoms with van der Waals surface area (Å²) in [6.45, 7) is 1.25. The molecule has 0 saturated heterocycles. The number of anilines is 1. The van der Waals surface area contributed by atoms with Gasteiger partial charge >= 0.3 is 0 Å². The van der Waals surface area contributed by atoms with Gasteiger partial charge in [-0.1, -0.05) is 30.3 Å². The summed E-state index contributed by atoms with van der Waals surface area (Å²) >= 11 is 1.69. The van der Waals surface area contributed by atoms with E-state index in [1.54, 1.807) is 17.4 Å². The van der Waals surface area contributed by atoms with Crippen molar-refractivity contribution >= 4 is 33.9 Å². The Morgan fingerprint density at radius 3 is 2.65 bits per heavy atom. The van der Waals surface area contributed by atoms with Gasteiger partial charge in [-0.15, -0.1) is 0 Å². The Morgan fingerprint density at radius 2 is 1.85 bits per heavy atom.